The lowest BCUT2D eigenvalue weighted by molar-refractivity contribution is 0.0955. The quantitative estimate of drug-likeness (QED) is 0.723. The second-order valence-electron chi connectivity index (χ2n) is 4.11. The molecule has 0 radical (unpaired) electrons. The lowest BCUT2D eigenvalue weighted by Crippen LogP contribution is -2.26. The fourth-order valence-electron chi connectivity index (χ4n) is 1.70. The van der Waals surface area contributed by atoms with Crippen LogP contribution in [-0.2, 0) is 7.05 Å². The number of nitrogens with zero attached hydrogens (tertiary/aromatic N) is 2. The molecule has 0 aliphatic carbocycles. The molecule has 1 amide bonds. The number of aliphatic hydroxyl groups excluding tert-OH is 1. The predicted octanol–water partition coefficient (Wildman–Crippen LogP) is 0.882. The van der Waals surface area contributed by atoms with Crippen LogP contribution in [0.3, 0.4) is 0 Å². The number of hydrogen-bond donors (Lipinski definition) is 2. The van der Waals surface area contributed by atoms with Crippen molar-refractivity contribution in [3.05, 3.63) is 17.0 Å². The third-order valence-electron chi connectivity index (χ3n) is 2.71. The lowest BCUT2D eigenvalue weighted by atomic mass is 10.2. The number of aromatic nitrogens is 2. The fraction of sp³-hybridized carbons (Fsp3) is 0.667. The largest absolute Gasteiger partial charge is 0.396 e. The van der Waals surface area contributed by atoms with E-state index >= 15 is 0 Å². The van der Waals surface area contributed by atoms with Crippen LogP contribution in [0.15, 0.2) is 0 Å². The molecule has 1 aromatic rings. The van der Waals surface area contributed by atoms with E-state index in [-0.39, 0.29) is 12.5 Å². The van der Waals surface area contributed by atoms with Crippen LogP contribution < -0.4 is 5.32 Å². The first kappa shape index (κ1) is 15.0. The molecule has 5 nitrogen and oxygen atoms in total. The highest BCUT2D eigenvalue weighted by Gasteiger charge is 2.16. The maximum absolute atomic E-state index is 12.0. The normalized spacial score (nSPS) is 10.7. The Kier molecular flexibility index (Phi) is 6.21. The van der Waals surface area contributed by atoms with Gasteiger partial charge in [0.2, 0.25) is 0 Å². The van der Waals surface area contributed by atoms with Crippen LogP contribution in [0.25, 0.3) is 0 Å². The molecule has 0 spiro atoms. The Labute approximate surface area is 112 Å². The van der Waals surface area contributed by atoms with E-state index in [9.17, 15) is 4.79 Å². The molecule has 0 fully saturated rings. The molecule has 0 aliphatic rings. The zero-order chi connectivity index (χ0) is 13.5. The predicted molar refractivity (Wildman–Crippen MR) is 74.0 cm³/mol. The average molecular weight is 271 g/mol. The van der Waals surface area contributed by atoms with Gasteiger partial charge in [-0.15, -0.1) is 0 Å². The van der Waals surface area contributed by atoms with E-state index < -0.39 is 0 Å². The Morgan fingerprint density at radius 1 is 1.44 bits per heavy atom. The monoisotopic (exact) mass is 271 g/mol. The molecule has 18 heavy (non-hydrogen) atoms. The van der Waals surface area contributed by atoms with E-state index in [0.29, 0.717) is 12.1 Å². The first-order chi connectivity index (χ1) is 8.57. The number of aliphatic hydroxyl groups is 1. The molecular formula is C12H21N3O2S. The zero-order valence-corrected chi connectivity index (χ0v) is 12.0. The Bertz CT molecular complexity index is 404. The summed E-state index contributed by atoms with van der Waals surface area (Å²) in [4.78, 5) is 12.0. The van der Waals surface area contributed by atoms with Crippen molar-refractivity contribution in [3.8, 4) is 0 Å². The van der Waals surface area contributed by atoms with Crippen molar-refractivity contribution in [2.75, 3.05) is 24.7 Å². The van der Waals surface area contributed by atoms with Crippen LogP contribution >= 0.6 is 11.8 Å². The van der Waals surface area contributed by atoms with Gasteiger partial charge in [-0.1, -0.05) is 0 Å². The molecule has 2 N–H and O–H groups in total. The van der Waals surface area contributed by atoms with E-state index in [0.717, 1.165) is 29.3 Å². The molecule has 0 unspecified atom stereocenters. The Morgan fingerprint density at radius 3 is 2.72 bits per heavy atom. The highest BCUT2D eigenvalue weighted by atomic mass is 32.2. The van der Waals surface area contributed by atoms with Crippen molar-refractivity contribution in [1.29, 1.82) is 0 Å². The van der Waals surface area contributed by atoms with Crippen LogP contribution in [0, 0.1) is 13.8 Å². The standard InChI is InChI=1S/C12H21N3O2S/c1-9-11(10(2)15(3)14-9)12(17)13-5-8-18-7-4-6-16/h16H,4-8H2,1-3H3,(H,13,17). The number of amides is 1. The molecule has 0 atom stereocenters. The number of carbonyl (C=O) groups excluding carboxylic acids is 1. The number of nitrogens with one attached hydrogen (secondary N) is 1. The van der Waals surface area contributed by atoms with Crippen LogP contribution in [0.5, 0.6) is 0 Å². The highest BCUT2D eigenvalue weighted by Crippen LogP contribution is 2.11. The zero-order valence-electron chi connectivity index (χ0n) is 11.2. The number of thioether (sulfide) groups is 1. The summed E-state index contributed by atoms with van der Waals surface area (Å²) in [7, 11) is 1.84. The maximum Gasteiger partial charge on any atom is 0.255 e. The Hall–Kier alpha value is -1.01. The smallest absolute Gasteiger partial charge is 0.255 e. The van der Waals surface area contributed by atoms with Gasteiger partial charge in [-0.05, 0) is 26.0 Å². The maximum atomic E-state index is 12.0. The minimum atomic E-state index is -0.0548. The Balaban J connectivity index is 2.37. The van der Waals surface area contributed by atoms with Gasteiger partial charge in [0.15, 0.2) is 0 Å². The number of hydrogen-bond acceptors (Lipinski definition) is 4. The third-order valence-corrected chi connectivity index (χ3v) is 3.78. The van der Waals surface area contributed by atoms with E-state index in [1.54, 1.807) is 16.4 Å². The van der Waals surface area contributed by atoms with Crippen molar-refractivity contribution in [1.82, 2.24) is 15.1 Å². The number of carbonyl (C=O) groups is 1. The van der Waals surface area contributed by atoms with E-state index in [2.05, 4.69) is 10.4 Å². The minimum Gasteiger partial charge on any atom is -0.396 e. The summed E-state index contributed by atoms with van der Waals surface area (Å²) in [5, 5.41) is 15.7. The van der Waals surface area contributed by atoms with Gasteiger partial charge in [0.1, 0.15) is 0 Å². The van der Waals surface area contributed by atoms with Gasteiger partial charge < -0.3 is 10.4 Å². The second-order valence-corrected chi connectivity index (χ2v) is 5.34. The second kappa shape index (κ2) is 7.43. The van der Waals surface area contributed by atoms with Gasteiger partial charge in [0.25, 0.3) is 5.91 Å². The molecule has 0 aliphatic heterocycles. The van der Waals surface area contributed by atoms with Crippen molar-refractivity contribution in [2.24, 2.45) is 7.05 Å². The molecule has 1 aromatic heterocycles. The van der Waals surface area contributed by atoms with Crippen LogP contribution in [0.2, 0.25) is 0 Å². The van der Waals surface area contributed by atoms with E-state index in [1.165, 1.54) is 0 Å². The summed E-state index contributed by atoms with van der Waals surface area (Å²) < 4.78 is 1.72. The lowest BCUT2D eigenvalue weighted by Gasteiger charge is -2.05. The van der Waals surface area contributed by atoms with Gasteiger partial charge in [-0.25, -0.2) is 0 Å². The molecule has 102 valence electrons. The van der Waals surface area contributed by atoms with Crippen LogP contribution in [-0.4, -0.2) is 45.5 Å². The summed E-state index contributed by atoms with van der Waals surface area (Å²) in [6, 6.07) is 0. The van der Waals surface area contributed by atoms with Crippen molar-refractivity contribution in [3.63, 3.8) is 0 Å². The first-order valence-corrected chi connectivity index (χ1v) is 7.20. The van der Waals surface area contributed by atoms with Crippen molar-refractivity contribution in [2.45, 2.75) is 20.3 Å². The van der Waals surface area contributed by atoms with Gasteiger partial charge in [-0.2, -0.15) is 16.9 Å². The number of rotatable bonds is 7. The van der Waals surface area contributed by atoms with E-state index in [4.69, 9.17) is 5.11 Å². The molecule has 6 heteroatoms. The molecule has 0 saturated heterocycles. The summed E-state index contributed by atoms with van der Waals surface area (Å²) in [5.41, 5.74) is 2.33. The molecule has 1 rings (SSSR count). The highest BCUT2D eigenvalue weighted by molar-refractivity contribution is 7.99. The Morgan fingerprint density at radius 2 is 2.17 bits per heavy atom. The molecule has 1 heterocycles. The summed E-state index contributed by atoms with van der Waals surface area (Å²) in [6.07, 6.45) is 0.805. The molecule has 0 aromatic carbocycles. The van der Waals surface area contributed by atoms with Gasteiger partial charge in [-0.3, -0.25) is 9.48 Å². The van der Waals surface area contributed by atoms with Gasteiger partial charge in [0.05, 0.1) is 11.3 Å². The van der Waals surface area contributed by atoms with Gasteiger partial charge >= 0.3 is 0 Å². The van der Waals surface area contributed by atoms with Crippen LogP contribution in [0.4, 0.5) is 0 Å². The first-order valence-electron chi connectivity index (χ1n) is 6.05. The number of aryl methyl sites for hydroxylation is 2. The van der Waals surface area contributed by atoms with Gasteiger partial charge in [0, 0.05) is 31.6 Å². The van der Waals surface area contributed by atoms with Crippen LogP contribution in [0.1, 0.15) is 28.2 Å². The molecular weight excluding hydrogens is 250 g/mol. The summed E-state index contributed by atoms with van der Waals surface area (Å²) in [5.74, 6) is 1.74. The average Bonchev–Trinajstić information content (AvgIpc) is 2.58. The fourth-order valence-corrected chi connectivity index (χ4v) is 2.48. The molecule has 0 bridgehead atoms. The van der Waals surface area contributed by atoms with Crippen molar-refractivity contribution < 1.29 is 9.90 Å². The third kappa shape index (κ3) is 4.03. The topological polar surface area (TPSA) is 67.2 Å². The van der Waals surface area contributed by atoms with Crippen molar-refractivity contribution >= 4 is 17.7 Å². The van der Waals surface area contributed by atoms with E-state index in [1.807, 2.05) is 20.9 Å². The SMILES string of the molecule is Cc1nn(C)c(C)c1C(=O)NCCSCCCO. The molecule has 0 saturated carbocycles. The minimum absolute atomic E-state index is 0.0548. The summed E-state index contributed by atoms with van der Waals surface area (Å²) in [6.45, 7) is 4.61. The summed E-state index contributed by atoms with van der Waals surface area (Å²) >= 11 is 1.73.